The lowest BCUT2D eigenvalue weighted by atomic mass is 9.96. The third kappa shape index (κ3) is 4.17. The van der Waals surface area contributed by atoms with Gasteiger partial charge in [-0.2, -0.15) is 0 Å². The zero-order valence-electron chi connectivity index (χ0n) is 22.1. The van der Waals surface area contributed by atoms with Crippen molar-refractivity contribution in [3.05, 3.63) is 108 Å². The number of fused-ring (bicyclic) bond motifs is 2. The summed E-state index contributed by atoms with van der Waals surface area (Å²) in [6, 6.07) is 24.0. The number of ether oxygens (including phenoxy) is 1. The van der Waals surface area contributed by atoms with Crippen molar-refractivity contribution in [3.8, 4) is 28.1 Å². The van der Waals surface area contributed by atoms with Gasteiger partial charge in [-0.05, 0) is 76.9 Å². The number of carbonyl (C=O) groups excluding carboxylic acids is 1. The molecule has 198 valence electrons. The second kappa shape index (κ2) is 9.81. The molecule has 1 aliphatic carbocycles. The minimum Gasteiger partial charge on any atom is -0.491 e. The highest BCUT2D eigenvalue weighted by molar-refractivity contribution is 6.09. The van der Waals surface area contributed by atoms with E-state index in [9.17, 15) is 9.90 Å². The normalized spacial score (nSPS) is 15.0. The molecule has 2 N–H and O–H groups in total. The molecule has 1 amide bonds. The molecule has 0 saturated heterocycles. The van der Waals surface area contributed by atoms with Gasteiger partial charge < -0.3 is 19.7 Å². The quantitative estimate of drug-likeness (QED) is 0.251. The molecule has 1 aliphatic heterocycles. The van der Waals surface area contributed by atoms with E-state index in [1.54, 1.807) is 11.1 Å². The van der Waals surface area contributed by atoms with Crippen LogP contribution in [0, 0.1) is 0 Å². The van der Waals surface area contributed by atoms with Crippen molar-refractivity contribution in [2.45, 2.75) is 25.4 Å². The zero-order valence-corrected chi connectivity index (χ0v) is 22.1. The third-order valence-electron chi connectivity index (χ3n) is 7.98. The van der Waals surface area contributed by atoms with Gasteiger partial charge in [0.25, 0.3) is 5.91 Å². The summed E-state index contributed by atoms with van der Waals surface area (Å²) in [6.45, 7) is 4.39. The predicted molar refractivity (Wildman–Crippen MR) is 159 cm³/mol. The average Bonchev–Trinajstić information content (AvgIpc) is 3.78. The van der Waals surface area contributed by atoms with Crippen molar-refractivity contribution in [2.24, 2.45) is 0 Å². The van der Waals surface area contributed by atoms with Gasteiger partial charge >= 0.3 is 0 Å². The number of hydrogen-bond donors (Lipinski definition) is 2. The Labute approximate surface area is 232 Å². The highest BCUT2D eigenvalue weighted by Gasteiger charge is 2.30. The highest BCUT2D eigenvalue weighted by Crippen LogP contribution is 2.43. The molecule has 1 saturated carbocycles. The summed E-state index contributed by atoms with van der Waals surface area (Å²) in [5.41, 5.74) is 8.79. The van der Waals surface area contributed by atoms with Gasteiger partial charge in [0, 0.05) is 22.8 Å². The number of aromatic nitrogens is 2. The lowest BCUT2D eigenvalue weighted by Crippen LogP contribution is -2.33. The number of anilines is 1. The Morgan fingerprint density at radius 2 is 1.88 bits per heavy atom. The van der Waals surface area contributed by atoms with Crippen LogP contribution in [0.3, 0.4) is 0 Å². The molecule has 3 aromatic carbocycles. The van der Waals surface area contributed by atoms with Crippen LogP contribution in [0.4, 0.5) is 5.69 Å². The first-order valence-electron chi connectivity index (χ1n) is 13.7. The van der Waals surface area contributed by atoms with Crippen LogP contribution in [-0.4, -0.2) is 34.1 Å². The van der Waals surface area contributed by atoms with E-state index in [-0.39, 0.29) is 12.5 Å². The number of aliphatic hydroxyl groups is 1. The number of benzene rings is 3. The largest absolute Gasteiger partial charge is 0.491 e. The van der Waals surface area contributed by atoms with Gasteiger partial charge in [0.1, 0.15) is 18.0 Å². The molecule has 0 atom stereocenters. The lowest BCUT2D eigenvalue weighted by molar-refractivity contribution is 0.0989. The lowest BCUT2D eigenvalue weighted by Gasteiger charge is -2.24. The maximum Gasteiger partial charge on any atom is 0.262 e. The van der Waals surface area contributed by atoms with Crippen LogP contribution >= 0.6 is 0 Å². The van der Waals surface area contributed by atoms with Crippen molar-refractivity contribution in [1.82, 2.24) is 9.97 Å². The van der Waals surface area contributed by atoms with E-state index in [0.717, 1.165) is 39.0 Å². The van der Waals surface area contributed by atoms with E-state index >= 15 is 0 Å². The summed E-state index contributed by atoms with van der Waals surface area (Å²) >= 11 is 0. The molecular weight excluding hydrogens is 498 g/mol. The minimum absolute atomic E-state index is 0.117. The summed E-state index contributed by atoms with van der Waals surface area (Å²) in [6.07, 6.45) is 5.98. The van der Waals surface area contributed by atoms with Crippen LogP contribution in [0.25, 0.3) is 39.5 Å². The molecule has 5 aromatic rings. The number of nitrogens with one attached hydrogen (secondary N) is 1. The molecule has 0 bridgehead atoms. The molecule has 0 unspecified atom stereocenters. The van der Waals surface area contributed by atoms with Crippen molar-refractivity contribution in [1.29, 1.82) is 0 Å². The summed E-state index contributed by atoms with van der Waals surface area (Å²) in [7, 11) is 0. The van der Waals surface area contributed by atoms with Crippen molar-refractivity contribution >= 4 is 28.7 Å². The van der Waals surface area contributed by atoms with Crippen LogP contribution in [0.15, 0.2) is 85.6 Å². The standard InChI is InChI=1S/C34H29N3O3/c1-2-21-6-8-23(9-7-21)30-19-28-26(14-15-35-33(28)36-30)25-4-3-5-31(29(25)20-38)37-16-17-40-32-18-24(22-10-11-22)12-13-27(32)34(37)39/h2-9,12-15,18-19,22,38H,1,10-11,16-17,20H2,(H,35,36). The number of carbonyl (C=O) groups is 1. The Morgan fingerprint density at radius 3 is 2.65 bits per heavy atom. The number of amides is 1. The van der Waals surface area contributed by atoms with Crippen molar-refractivity contribution in [2.75, 3.05) is 18.1 Å². The van der Waals surface area contributed by atoms with Crippen LogP contribution in [0.1, 0.15) is 45.8 Å². The third-order valence-corrected chi connectivity index (χ3v) is 7.98. The van der Waals surface area contributed by atoms with Gasteiger partial charge in [-0.25, -0.2) is 4.98 Å². The molecule has 6 heteroatoms. The predicted octanol–water partition coefficient (Wildman–Crippen LogP) is 6.95. The molecule has 0 spiro atoms. The maximum atomic E-state index is 13.8. The topological polar surface area (TPSA) is 78.4 Å². The van der Waals surface area contributed by atoms with Crippen LogP contribution < -0.4 is 9.64 Å². The molecule has 2 aromatic heterocycles. The monoisotopic (exact) mass is 527 g/mol. The first-order chi connectivity index (χ1) is 19.6. The van der Waals surface area contributed by atoms with Gasteiger partial charge in [-0.3, -0.25) is 4.79 Å². The van der Waals surface area contributed by atoms with E-state index in [4.69, 9.17) is 4.74 Å². The van der Waals surface area contributed by atoms with Crippen LogP contribution in [-0.2, 0) is 6.61 Å². The van der Waals surface area contributed by atoms with Crippen molar-refractivity contribution < 1.29 is 14.6 Å². The molecule has 0 radical (unpaired) electrons. The molecule has 2 aliphatic rings. The summed E-state index contributed by atoms with van der Waals surface area (Å²) in [5.74, 6) is 1.11. The molecule has 7 rings (SSSR count). The van der Waals surface area contributed by atoms with Gasteiger partial charge in [-0.1, -0.05) is 55.1 Å². The van der Waals surface area contributed by atoms with E-state index in [0.29, 0.717) is 41.6 Å². The van der Waals surface area contributed by atoms with Crippen LogP contribution in [0.5, 0.6) is 5.75 Å². The number of hydrogen-bond acceptors (Lipinski definition) is 4. The van der Waals surface area contributed by atoms with Crippen molar-refractivity contribution in [3.63, 3.8) is 0 Å². The van der Waals surface area contributed by atoms with Gasteiger partial charge in [-0.15, -0.1) is 0 Å². The SMILES string of the molecule is C=Cc1ccc(-c2cc3c(-c4cccc(N5CCOc6cc(C7CC7)ccc6C5=O)c4CO)ccnc3[nH]2)cc1. The summed E-state index contributed by atoms with van der Waals surface area (Å²) in [4.78, 5) is 23.6. The van der Waals surface area contributed by atoms with E-state index in [1.165, 1.54) is 18.4 Å². The van der Waals surface area contributed by atoms with Gasteiger partial charge in [0.2, 0.25) is 0 Å². The maximum absolute atomic E-state index is 13.8. The van der Waals surface area contributed by atoms with E-state index < -0.39 is 0 Å². The average molecular weight is 528 g/mol. The fourth-order valence-electron chi connectivity index (χ4n) is 5.69. The first-order valence-corrected chi connectivity index (χ1v) is 13.7. The Hall–Kier alpha value is -4.68. The number of aliphatic hydroxyl groups excluding tert-OH is 1. The fraction of sp³-hybridized carbons (Fsp3) is 0.176. The van der Waals surface area contributed by atoms with Crippen LogP contribution in [0.2, 0.25) is 0 Å². The Morgan fingerprint density at radius 1 is 1.02 bits per heavy atom. The Kier molecular flexibility index (Phi) is 5.98. The number of nitrogens with zero attached hydrogens (tertiary/aromatic N) is 2. The minimum atomic E-state index is -0.215. The molecule has 6 nitrogen and oxygen atoms in total. The Balaban J connectivity index is 1.30. The molecular formula is C34H29N3O3. The number of H-pyrrole nitrogens is 1. The summed E-state index contributed by atoms with van der Waals surface area (Å²) in [5, 5.41) is 11.6. The number of rotatable bonds is 6. The molecule has 40 heavy (non-hydrogen) atoms. The van der Waals surface area contributed by atoms with Gasteiger partial charge in [0.15, 0.2) is 0 Å². The molecule has 1 fully saturated rings. The fourth-order valence-corrected chi connectivity index (χ4v) is 5.69. The van der Waals surface area contributed by atoms with Gasteiger partial charge in [0.05, 0.1) is 24.4 Å². The highest BCUT2D eigenvalue weighted by atomic mass is 16.5. The van der Waals surface area contributed by atoms with E-state index in [2.05, 4.69) is 34.7 Å². The number of pyridine rings is 1. The molecule has 3 heterocycles. The van der Waals surface area contributed by atoms with E-state index in [1.807, 2.05) is 60.7 Å². The second-order valence-corrected chi connectivity index (χ2v) is 10.4. The smallest absolute Gasteiger partial charge is 0.262 e. The Bertz CT molecular complexity index is 1770. The second-order valence-electron chi connectivity index (χ2n) is 10.4. The zero-order chi connectivity index (χ0) is 27.2. The summed E-state index contributed by atoms with van der Waals surface area (Å²) < 4.78 is 6.05. The number of aromatic amines is 1. The first kappa shape index (κ1) is 24.4.